The summed E-state index contributed by atoms with van der Waals surface area (Å²) in [5.74, 6) is 3.57. The van der Waals surface area contributed by atoms with Crippen molar-refractivity contribution < 1.29 is 14.2 Å². The highest BCUT2D eigenvalue weighted by Gasteiger charge is 2.58. The summed E-state index contributed by atoms with van der Waals surface area (Å²) < 4.78 is 17.8. The standard InChI is InChI=1S/C23H38O3/c1-6-15-7-8-20-18-13-21(24-3)19-14-23(25-4,26-5)12-10-17(19)16(18)9-11-22(15,20)2/h6,16-21H,7-14H2,1-5H3/b15-6-/t16-,17-,18-,19-,20+,21-,22-/m1/s1. The third-order valence-electron chi connectivity index (χ3n) is 9.22. The summed E-state index contributed by atoms with van der Waals surface area (Å²) in [4.78, 5) is 0. The molecule has 4 fully saturated rings. The minimum atomic E-state index is -0.389. The lowest BCUT2D eigenvalue weighted by molar-refractivity contribution is -0.258. The number of hydrogen-bond acceptors (Lipinski definition) is 3. The molecular formula is C23H38O3. The van der Waals surface area contributed by atoms with Gasteiger partial charge in [-0.2, -0.15) is 0 Å². The third-order valence-corrected chi connectivity index (χ3v) is 9.22. The van der Waals surface area contributed by atoms with E-state index in [-0.39, 0.29) is 5.79 Å². The van der Waals surface area contributed by atoms with Gasteiger partial charge in [0.25, 0.3) is 0 Å². The molecule has 0 aromatic rings. The molecule has 7 atom stereocenters. The zero-order chi connectivity index (χ0) is 18.5. The lowest BCUT2D eigenvalue weighted by atomic mass is 9.49. The van der Waals surface area contributed by atoms with Crippen LogP contribution in [0, 0.1) is 35.0 Å². The van der Waals surface area contributed by atoms with Crippen LogP contribution >= 0.6 is 0 Å². The molecule has 0 radical (unpaired) electrons. The van der Waals surface area contributed by atoms with E-state index < -0.39 is 0 Å². The molecule has 0 amide bonds. The molecule has 4 aliphatic rings. The maximum Gasteiger partial charge on any atom is 0.167 e. The van der Waals surface area contributed by atoms with Crippen molar-refractivity contribution in [2.75, 3.05) is 21.3 Å². The molecule has 148 valence electrons. The number of allylic oxidation sites excluding steroid dienone is 2. The maximum absolute atomic E-state index is 6.10. The van der Waals surface area contributed by atoms with Gasteiger partial charge in [-0.05, 0) is 80.5 Å². The highest BCUT2D eigenvalue weighted by molar-refractivity contribution is 5.23. The molecule has 0 N–H and O–H groups in total. The Morgan fingerprint density at radius 1 is 0.923 bits per heavy atom. The first-order valence-corrected chi connectivity index (χ1v) is 10.8. The quantitative estimate of drug-likeness (QED) is 0.510. The van der Waals surface area contributed by atoms with Crippen LogP contribution in [0.2, 0.25) is 0 Å². The van der Waals surface area contributed by atoms with Gasteiger partial charge in [0.1, 0.15) is 0 Å². The van der Waals surface area contributed by atoms with Crippen LogP contribution in [-0.2, 0) is 14.2 Å². The SMILES string of the molecule is C/C=C1/CC[C@H]2[C@@H]3C[C@@H](OC)[C@@H]4CC(OC)(OC)CC[C@@H]4[C@H]3CC[C@]12C. The first kappa shape index (κ1) is 19.0. The summed E-state index contributed by atoms with van der Waals surface area (Å²) in [5, 5.41) is 0. The molecule has 0 saturated heterocycles. The van der Waals surface area contributed by atoms with E-state index in [2.05, 4.69) is 19.9 Å². The zero-order valence-electron chi connectivity index (χ0n) is 17.4. The fourth-order valence-electron chi connectivity index (χ4n) is 7.83. The molecule has 0 aromatic heterocycles. The molecule has 0 heterocycles. The van der Waals surface area contributed by atoms with Crippen molar-refractivity contribution in [3.8, 4) is 0 Å². The van der Waals surface area contributed by atoms with Gasteiger partial charge in [-0.25, -0.2) is 0 Å². The summed E-state index contributed by atoms with van der Waals surface area (Å²) in [7, 11) is 5.53. The Morgan fingerprint density at radius 3 is 2.27 bits per heavy atom. The molecule has 0 aromatic carbocycles. The van der Waals surface area contributed by atoms with Gasteiger partial charge in [0.15, 0.2) is 5.79 Å². The molecule has 0 spiro atoms. The fourth-order valence-corrected chi connectivity index (χ4v) is 7.83. The predicted octanol–water partition coefficient (Wildman–Crippen LogP) is 5.20. The summed E-state index contributed by atoms with van der Waals surface area (Å²) >= 11 is 0. The van der Waals surface area contributed by atoms with E-state index in [1.807, 2.05) is 7.11 Å². The molecule has 4 saturated carbocycles. The Hall–Kier alpha value is -0.380. The van der Waals surface area contributed by atoms with Gasteiger partial charge < -0.3 is 14.2 Å². The molecule has 0 unspecified atom stereocenters. The van der Waals surface area contributed by atoms with Crippen LogP contribution in [0.15, 0.2) is 11.6 Å². The molecule has 3 heteroatoms. The van der Waals surface area contributed by atoms with E-state index in [0.717, 1.165) is 36.5 Å². The Labute approximate surface area is 159 Å². The Balaban J connectivity index is 1.61. The molecule has 26 heavy (non-hydrogen) atoms. The van der Waals surface area contributed by atoms with Crippen molar-refractivity contribution in [3.05, 3.63) is 11.6 Å². The Bertz CT molecular complexity index is 552. The summed E-state index contributed by atoms with van der Waals surface area (Å²) in [6.07, 6.45) is 12.8. The van der Waals surface area contributed by atoms with Gasteiger partial charge in [-0.3, -0.25) is 0 Å². The average molecular weight is 363 g/mol. The first-order valence-electron chi connectivity index (χ1n) is 10.8. The number of hydrogen-bond donors (Lipinski definition) is 0. The highest BCUT2D eigenvalue weighted by Crippen LogP contribution is 2.64. The molecule has 3 nitrogen and oxygen atoms in total. The van der Waals surface area contributed by atoms with Gasteiger partial charge in [0.2, 0.25) is 0 Å². The Morgan fingerprint density at radius 2 is 1.62 bits per heavy atom. The van der Waals surface area contributed by atoms with E-state index in [0.29, 0.717) is 17.4 Å². The molecular weight excluding hydrogens is 324 g/mol. The van der Waals surface area contributed by atoms with Gasteiger partial charge in [0.05, 0.1) is 6.10 Å². The van der Waals surface area contributed by atoms with Crippen LogP contribution in [0.1, 0.15) is 65.2 Å². The lowest BCUT2D eigenvalue weighted by Gasteiger charge is -2.58. The largest absolute Gasteiger partial charge is 0.381 e. The van der Waals surface area contributed by atoms with E-state index in [4.69, 9.17) is 14.2 Å². The second-order valence-corrected chi connectivity index (χ2v) is 9.64. The predicted molar refractivity (Wildman–Crippen MR) is 104 cm³/mol. The average Bonchev–Trinajstić information content (AvgIpc) is 3.03. The van der Waals surface area contributed by atoms with E-state index >= 15 is 0 Å². The van der Waals surface area contributed by atoms with Gasteiger partial charge in [-0.1, -0.05) is 18.6 Å². The van der Waals surface area contributed by atoms with Gasteiger partial charge >= 0.3 is 0 Å². The Kier molecular flexibility index (Phi) is 5.03. The minimum absolute atomic E-state index is 0.364. The summed E-state index contributed by atoms with van der Waals surface area (Å²) in [5.41, 5.74) is 2.19. The van der Waals surface area contributed by atoms with Crippen molar-refractivity contribution >= 4 is 0 Å². The smallest absolute Gasteiger partial charge is 0.167 e. The number of rotatable bonds is 3. The van der Waals surface area contributed by atoms with E-state index in [1.165, 1.54) is 38.5 Å². The van der Waals surface area contributed by atoms with E-state index in [9.17, 15) is 0 Å². The van der Waals surface area contributed by atoms with Gasteiger partial charge in [-0.15, -0.1) is 0 Å². The van der Waals surface area contributed by atoms with Crippen molar-refractivity contribution in [2.45, 2.75) is 77.1 Å². The topological polar surface area (TPSA) is 27.7 Å². The first-order chi connectivity index (χ1) is 12.5. The number of ether oxygens (including phenoxy) is 3. The zero-order valence-corrected chi connectivity index (χ0v) is 17.4. The second kappa shape index (κ2) is 6.90. The van der Waals surface area contributed by atoms with Crippen LogP contribution in [-0.4, -0.2) is 33.2 Å². The second-order valence-electron chi connectivity index (χ2n) is 9.64. The number of methoxy groups -OCH3 is 3. The summed E-state index contributed by atoms with van der Waals surface area (Å²) in [6, 6.07) is 0. The monoisotopic (exact) mass is 362 g/mol. The molecule has 4 rings (SSSR count). The minimum Gasteiger partial charge on any atom is -0.381 e. The maximum atomic E-state index is 6.10. The molecule has 4 aliphatic carbocycles. The van der Waals surface area contributed by atoms with Crippen LogP contribution in [0.25, 0.3) is 0 Å². The molecule has 0 bridgehead atoms. The summed E-state index contributed by atoms with van der Waals surface area (Å²) in [6.45, 7) is 4.81. The van der Waals surface area contributed by atoms with Crippen LogP contribution < -0.4 is 0 Å². The van der Waals surface area contributed by atoms with Crippen LogP contribution in [0.5, 0.6) is 0 Å². The fraction of sp³-hybridized carbons (Fsp3) is 0.913. The van der Waals surface area contributed by atoms with Crippen molar-refractivity contribution in [3.63, 3.8) is 0 Å². The van der Waals surface area contributed by atoms with Crippen molar-refractivity contribution in [1.29, 1.82) is 0 Å². The van der Waals surface area contributed by atoms with Crippen LogP contribution in [0.3, 0.4) is 0 Å². The third kappa shape index (κ3) is 2.64. The lowest BCUT2D eigenvalue weighted by Crippen LogP contribution is -2.55. The normalized spacial score (nSPS) is 48.7. The highest BCUT2D eigenvalue weighted by atomic mass is 16.7. The van der Waals surface area contributed by atoms with Crippen molar-refractivity contribution in [2.24, 2.45) is 35.0 Å². The number of fused-ring (bicyclic) bond motifs is 5. The molecule has 0 aliphatic heterocycles. The van der Waals surface area contributed by atoms with Crippen LogP contribution in [0.4, 0.5) is 0 Å². The van der Waals surface area contributed by atoms with Crippen molar-refractivity contribution in [1.82, 2.24) is 0 Å². The van der Waals surface area contributed by atoms with Gasteiger partial charge in [0, 0.05) is 34.2 Å². The van der Waals surface area contributed by atoms with E-state index in [1.54, 1.807) is 19.8 Å².